The van der Waals surface area contributed by atoms with Crippen LogP contribution in [0.4, 0.5) is 5.69 Å². The number of nitrogens with zero attached hydrogens (tertiary/aromatic N) is 2. The van der Waals surface area contributed by atoms with Crippen molar-refractivity contribution in [2.24, 2.45) is 5.92 Å². The quantitative estimate of drug-likeness (QED) is 0.754. The molecule has 0 N–H and O–H groups in total. The monoisotopic (exact) mass is 362 g/mol. The normalized spacial score (nSPS) is 24.7. The molecule has 3 heteroatoms. The lowest BCUT2D eigenvalue weighted by Crippen LogP contribution is -2.62. The predicted molar refractivity (Wildman–Crippen MR) is 111 cm³/mol. The van der Waals surface area contributed by atoms with Crippen molar-refractivity contribution < 1.29 is 4.79 Å². The molecule has 2 aliphatic heterocycles. The summed E-state index contributed by atoms with van der Waals surface area (Å²) in [6, 6.07) is 21.8. The molecule has 0 aromatic heterocycles. The average molecular weight is 363 g/mol. The summed E-state index contributed by atoms with van der Waals surface area (Å²) >= 11 is 0. The maximum Gasteiger partial charge on any atom is 0.227 e. The first-order valence-electron chi connectivity index (χ1n) is 10.4. The van der Waals surface area contributed by atoms with E-state index in [2.05, 4.69) is 52.3 Å². The molecule has 1 aliphatic carbocycles. The number of benzene rings is 2. The first-order valence-corrected chi connectivity index (χ1v) is 10.4. The zero-order valence-corrected chi connectivity index (χ0v) is 16.3. The van der Waals surface area contributed by atoms with Crippen LogP contribution in [0.5, 0.6) is 0 Å². The van der Waals surface area contributed by atoms with Crippen LogP contribution in [0.1, 0.15) is 38.2 Å². The Morgan fingerprint density at radius 1 is 1.04 bits per heavy atom. The fourth-order valence-electron chi connectivity index (χ4n) is 5.01. The molecule has 2 aromatic carbocycles. The molecule has 3 atom stereocenters. The Labute approximate surface area is 163 Å². The highest BCUT2D eigenvalue weighted by atomic mass is 16.2. The summed E-state index contributed by atoms with van der Waals surface area (Å²) < 4.78 is 0. The Morgan fingerprint density at radius 3 is 2.41 bits per heavy atom. The SMILES string of the molecule is CCC(=O)N(c1ccccc1)C1CC2CCC1N(CCc1ccccc1)C2. The summed E-state index contributed by atoms with van der Waals surface area (Å²) in [5.41, 5.74) is 2.46. The van der Waals surface area contributed by atoms with E-state index in [1.54, 1.807) is 0 Å². The molecule has 2 aromatic rings. The first-order chi connectivity index (χ1) is 13.3. The maximum atomic E-state index is 12.9. The molecule has 27 heavy (non-hydrogen) atoms. The lowest BCUT2D eigenvalue weighted by atomic mass is 9.75. The summed E-state index contributed by atoms with van der Waals surface area (Å²) in [4.78, 5) is 17.7. The second kappa shape index (κ2) is 8.26. The number of carbonyl (C=O) groups is 1. The van der Waals surface area contributed by atoms with Crippen LogP contribution in [0.15, 0.2) is 60.7 Å². The molecule has 142 valence electrons. The minimum Gasteiger partial charge on any atom is -0.308 e. The average Bonchev–Trinajstić information content (AvgIpc) is 2.74. The number of hydrogen-bond acceptors (Lipinski definition) is 2. The number of rotatable bonds is 6. The second-order valence-corrected chi connectivity index (χ2v) is 8.00. The van der Waals surface area contributed by atoms with Gasteiger partial charge in [-0.1, -0.05) is 55.5 Å². The van der Waals surface area contributed by atoms with Crippen molar-refractivity contribution in [1.82, 2.24) is 4.90 Å². The molecule has 2 saturated heterocycles. The minimum absolute atomic E-state index is 0.252. The summed E-state index contributed by atoms with van der Waals surface area (Å²) in [6.45, 7) is 4.26. The van der Waals surface area contributed by atoms with Crippen LogP contribution in [0, 0.1) is 5.92 Å². The van der Waals surface area contributed by atoms with Crippen molar-refractivity contribution in [3.8, 4) is 0 Å². The van der Waals surface area contributed by atoms with E-state index in [0.717, 1.165) is 25.1 Å². The van der Waals surface area contributed by atoms with Crippen LogP contribution >= 0.6 is 0 Å². The molecule has 3 aliphatic rings. The van der Waals surface area contributed by atoms with E-state index in [0.29, 0.717) is 24.4 Å². The van der Waals surface area contributed by atoms with E-state index in [-0.39, 0.29) is 5.91 Å². The van der Waals surface area contributed by atoms with Gasteiger partial charge < -0.3 is 4.90 Å². The van der Waals surface area contributed by atoms with Gasteiger partial charge in [0.1, 0.15) is 0 Å². The molecular weight excluding hydrogens is 332 g/mol. The second-order valence-electron chi connectivity index (χ2n) is 8.00. The van der Waals surface area contributed by atoms with Crippen molar-refractivity contribution in [1.29, 1.82) is 0 Å². The van der Waals surface area contributed by atoms with Crippen molar-refractivity contribution in [2.75, 3.05) is 18.0 Å². The standard InChI is InChI=1S/C24H30N2O/c1-2-24(27)26(21-11-7-4-8-12-21)23-17-20-13-14-22(23)25(18-20)16-15-19-9-5-3-6-10-19/h3-12,20,22-23H,2,13-18H2,1H3. The van der Waals surface area contributed by atoms with E-state index in [1.807, 2.05) is 25.1 Å². The zero-order valence-electron chi connectivity index (χ0n) is 16.3. The number of para-hydroxylation sites is 1. The first kappa shape index (κ1) is 18.2. The van der Waals surface area contributed by atoms with Crippen LogP contribution < -0.4 is 4.90 Å². The fourth-order valence-corrected chi connectivity index (χ4v) is 5.01. The van der Waals surface area contributed by atoms with Gasteiger partial charge in [0.15, 0.2) is 0 Å². The number of fused-ring (bicyclic) bond motifs is 3. The molecule has 3 unspecified atom stereocenters. The molecule has 3 nitrogen and oxygen atoms in total. The van der Waals surface area contributed by atoms with Crippen LogP contribution in [0.2, 0.25) is 0 Å². The third-order valence-electron chi connectivity index (χ3n) is 6.32. The van der Waals surface area contributed by atoms with Crippen molar-refractivity contribution >= 4 is 11.6 Å². The van der Waals surface area contributed by atoms with Crippen molar-refractivity contribution in [3.63, 3.8) is 0 Å². The number of hydrogen-bond donors (Lipinski definition) is 0. The van der Waals surface area contributed by atoms with E-state index in [4.69, 9.17) is 0 Å². The summed E-state index contributed by atoms with van der Waals surface area (Å²) in [5.74, 6) is 0.966. The van der Waals surface area contributed by atoms with E-state index in [9.17, 15) is 4.79 Å². The van der Waals surface area contributed by atoms with Gasteiger partial charge in [0, 0.05) is 31.2 Å². The van der Waals surface area contributed by atoms with Gasteiger partial charge >= 0.3 is 0 Å². The minimum atomic E-state index is 0.252. The Kier molecular flexibility index (Phi) is 5.58. The highest BCUT2D eigenvalue weighted by Crippen LogP contribution is 2.39. The molecular formula is C24H30N2O. The summed E-state index contributed by atoms with van der Waals surface area (Å²) in [7, 11) is 0. The number of amides is 1. The van der Waals surface area contributed by atoms with Crippen LogP contribution in [-0.4, -0.2) is 36.0 Å². The van der Waals surface area contributed by atoms with E-state index < -0.39 is 0 Å². The highest BCUT2D eigenvalue weighted by molar-refractivity contribution is 5.93. The summed E-state index contributed by atoms with van der Waals surface area (Å²) in [6.07, 6.45) is 5.32. The van der Waals surface area contributed by atoms with Crippen molar-refractivity contribution in [2.45, 2.75) is 51.1 Å². The van der Waals surface area contributed by atoms with Gasteiger partial charge in [-0.05, 0) is 49.3 Å². The van der Waals surface area contributed by atoms with Crippen LogP contribution in [0.25, 0.3) is 0 Å². The molecule has 3 fully saturated rings. The van der Waals surface area contributed by atoms with Gasteiger partial charge in [-0.2, -0.15) is 0 Å². The molecule has 1 saturated carbocycles. The number of anilines is 1. The molecule has 0 radical (unpaired) electrons. The Balaban J connectivity index is 1.54. The molecule has 0 spiro atoms. The zero-order chi connectivity index (χ0) is 18.6. The molecule has 5 rings (SSSR count). The highest BCUT2D eigenvalue weighted by Gasteiger charge is 2.44. The number of carbonyl (C=O) groups excluding carboxylic acids is 1. The third kappa shape index (κ3) is 3.93. The molecule has 2 bridgehead atoms. The number of piperidine rings is 2. The Morgan fingerprint density at radius 2 is 1.74 bits per heavy atom. The van der Waals surface area contributed by atoms with Gasteiger partial charge in [-0.3, -0.25) is 9.69 Å². The van der Waals surface area contributed by atoms with Crippen LogP contribution in [-0.2, 0) is 11.2 Å². The largest absolute Gasteiger partial charge is 0.308 e. The van der Waals surface area contributed by atoms with Gasteiger partial charge in [-0.25, -0.2) is 0 Å². The van der Waals surface area contributed by atoms with Crippen LogP contribution in [0.3, 0.4) is 0 Å². The third-order valence-corrected chi connectivity index (χ3v) is 6.32. The van der Waals surface area contributed by atoms with Gasteiger partial charge in [0.05, 0.1) is 6.04 Å². The Hall–Kier alpha value is -2.13. The van der Waals surface area contributed by atoms with E-state index in [1.165, 1.54) is 24.9 Å². The smallest absolute Gasteiger partial charge is 0.227 e. The van der Waals surface area contributed by atoms with Gasteiger partial charge in [-0.15, -0.1) is 0 Å². The lowest BCUT2D eigenvalue weighted by Gasteiger charge is -2.53. The predicted octanol–water partition coefficient (Wildman–Crippen LogP) is 4.53. The lowest BCUT2D eigenvalue weighted by molar-refractivity contribution is -0.120. The van der Waals surface area contributed by atoms with Crippen molar-refractivity contribution in [3.05, 3.63) is 66.2 Å². The molecule has 1 amide bonds. The molecule has 2 heterocycles. The van der Waals surface area contributed by atoms with Gasteiger partial charge in [0.2, 0.25) is 5.91 Å². The fraction of sp³-hybridized carbons (Fsp3) is 0.458. The maximum absolute atomic E-state index is 12.9. The summed E-state index contributed by atoms with van der Waals surface area (Å²) in [5, 5.41) is 0. The topological polar surface area (TPSA) is 23.6 Å². The van der Waals surface area contributed by atoms with E-state index >= 15 is 0 Å². The Bertz CT molecular complexity index is 745. The van der Waals surface area contributed by atoms with Gasteiger partial charge in [0.25, 0.3) is 0 Å².